The number of hydrogen-bond acceptors (Lipinski definition) is 2. The van der Waals surface area contributed by atoms with Gasteiger partial charge >= 0.3 is 6.03 Å². The van der Waals surface area contributed by atoms with Crippen LogP contribution < -0.4 is 10.1 Å². The largest absolute Gasteiger partial charge is 0.473 e. The fraction of sp³-hybridized carbons (Fsp3) is 0.632. The molecule has 4 nitrogen and oxygen atoms in total. The zero-order valence-electron chi connectivity index (χ0n) is 15.4. The average Bonchev–Trinajstić information content (AvgIpc) is 2.54. The lowest BCUT2D eigenvalue weighted by Gasteiger charge is -2.23. The van der Waals surface area contributed by atoms with Crippen molar-refractivity contribution in [2.24, 2.45) is 0 Å². The molecule has 0 radical (unpaired) electrons. The fourth-order valence-corrected chi connectivity index (χ4v) is 2.44. The van der Waals surface area contributed by atoms with Crippen LogP contribution >= 0.6 is 0 Å². The van der Waals surface area contributed by atoms with Crippen molar-refractivity contribution < 1.29 is 9.53 Å². The van der Waals surface area contributed by atoms with E-state index in [9.17, 15) is 4.79 Å². The number of amides is 2. The van der Waals surface area contributed by atoms with Crippen molar-refractivity contribution >= 4 is 6.03 Å². The number of rotatable bonds is 9. The van der Waals surface area contributed by atoms with E-state index in [1.807, 2.05) is 24.8 Å². The zero-order chi connectivity index (χ0) is 17.2. The number of aryl methyl sites for hydroxylation is 2. The summed E-state index contributed by atoms with van der Waals surface area (Å²) in [6.45, 7) is 12.3. The van der Waals surface area contributed by atoms with E-state index in [-0.39, 0.29) is 12.8 Å². The van der Waals surface area contributed by atoms with Gasteiger partial charge in [0, 0.05) is 13.1 Å². The molecule has 0 saturated carbocycles. The Hall–Kier alpha value is -1.71. The average molecular weight is 320 g/mol. The van der Waals surface area contributed by atoms with Crippen LogP contribution in [0.5, 0.6) is 5.75 Å². The summed E-state index contributed by atoms with van der Waals surface area (Å²) in [5.41, 5.74) is 3.42. The normalized spacial score (nSPS) is 10.5. The summed E-state index contributed by atoms with van der Waals surface area (Å²) in [6, 6.07) is 4.11. The first-order chi connectivity index (χ1) is 11.0. The van der Waals surface area contributed by atoms with E-state index in [0.29, 0.717) is 0 Å². The van der Waals surface area contributed by atoms with E-state index in [1.165, 1.54) is 5.56 Å². The minimum Gasteiger partial charge on any atom is -0.473 e. The van der Waals surface area contributed by atoms with Crippen LogP contribution in [0.2, 0.25) is 0 Å². The quantitative estimate of drug-likeness (QED) is 0.678. The molecule has 0 aliphatic heterocycles. The summed E-state index contributed by atoms with van der Waals surface area (Å²) < 4.78 is 5.82. The number of nitrogens with zero attached hydrogens (tertiary/aromatic N) is 1. The van der Waals surface area contributed by atoms with E-state index in [2.05, 4.69) is 32.2 Å². The van der Waals surface area contributed by atoms with Gasteiger partial charge in [0.25, 0.3) is 0 Å². The molecule has 0 spiro atoms. The molecule has 0 unspecified atom stereocenters. The van der Waals surface area contributed by atoms with Gasteiger partial charge in [-0.1, -0.05) is 38.8 Å². The van der Waals surface area contributed by atoms with E-state index in [1.54, 1.807) is 0 Å². The zero-order valence-corrected chi connectivity index (χ0v) is 15.4. The van der Waals surface area contributed by atoms with Crippen LogP contribution in [-0.4, -0.2) is 30.8 Å². The number of carbonyl (C=O) groups excluding carboxylic acids is 1. The summed E-state index contributed by atoms with van der Waals surface area (Å²) in [5.74, 6) is 0.874. The first-order valence-electron chi connectivity index (χ1n) is 8.73. The maximum atomic E-state index is 12.3. The van der Waals surface area contributed by atoms with Crippen molar-refractivity contribution in [3.63, 3.8) is 0 Å². The van der Waals surface area contributed by atoms with Gasteiger partial charge in [-0.05, 0) is 50.3 Å². The highest BCUT2D eigenvalue weighted by Gasteiger charge is 2.12. The Bertz CT molecular complexity index is 492. The van der Waals surface area contributed by atoms with Gasteiger partial charge in [-0.3, -0.25) is 0 Å². The number of urea groups is 1. The number of nitrogens with one attached hydrogen (secondary N) is 1. The summed E-state index contributed by atoms with van der Waals surface area (Å²) in [6.07, 6.45) is 4.25. The number of unbranched alkanes of at least 4 members (excludes halogenated alkanes) is 2. The molecule has 0 aromatic heterocycles. The first kappa shape index (κ1) is 19.3. The Morgan fingerprint density at radius 3 is 2.17 bits per heavy atom. The van der Waals surface area contributed by atoms with Crippen molar-refractivity contribution in [2.75, 3.05) is 19.8 Å². The Labute approximate surface area is 141 Å². The van der Waals surface area contributed by atoms with Gasteiger partial charge in [0.15, 0.2) is 6.73 Å². The summed E-state index contributed by atoms with van der Waals surface area (Å²) in [4.78, 5) is 14.2. The second-order valence-electron chi connectivity index (χ2n) is 6.12. The topological polar surface area (TPSA) is 41.6 Å². The van der Waals surface area contributed by atoms with Crippen molar-refractivity contribution in [2.45, 2.75) is 60.3 Å². The lowest BCUT2D eigenvalue weighted by atomic mass is 10.1. The van der Waals surface area contributed by atoms with Gasteiger partial charge in [-0.15, -0.1) is 0 Å². The van der Waals surface area contributed by atoms with Crippen LogP contribution in [0, 0.1) is 20.8 Å². The van der Waals surface area contributed by atoms with Crippen LogP contribution in [0.3, 0.4) is 0 Å². The Balaban J connectivity index is 2.55. The molecule has 1 aromatic carbocycles. The van der Waals surface area contributed by atoms with Crippen LogP contribution in [0.4, 0.5) is 4.79 Å². The molecule has 130 valence electrons. The maximum absolute atomic E-state index is 12.3. The molecular formula is C19H32N2O2. The fourth-order valence-electron chi connectivity index (χ4n) is 2.44. The number of hydrogen-bond donors (Lipinski definition) is 1. The highest BCUT2D eigenvalue weighted by molar-refractivity contribution is 5.74. The molecule has 1 N–H and O–H groups in total. The van der Waals surface area contributed by atoms with Gasteiger partial charge < -0.3 is 15.0 Å². The van der Waals surface area contributed by atoms with Crippen LogP contribution in [0.15, 0.2) is 12.1 Å². The predicted octanol–water partition coefficient (Wildman–Crippen LogP) is 4.56. The third kappa shape index (κ3) is 6.12. The van der Waals surface area contributed by atoms with Gasteiger partial charge in [0.2, 0.25) is 0 Å². The minimum atomic E-state index is -0.0325. The van der Waals surface area contributed by atoms with Crippen molar-refractivity contribution in [1.82, 2.24) is 10.2 Å². The smallest absolute Gasteiger partial charge is 0.320 e. The Morgan fingerprint density at radius 1 is 1.04 bits per heavy atom. The van der Waals surface area contributed by atoms with Gasteiger partial charge in [0.1, 0.15) is 5.75 Å². The summed E-state index contributed by atoms with van der Waals surface area (Å²) >= 11 is 0. The molecule has 0 fully saturated rings. The molecule has 0 aliphatic carbocycles. The van der Waals surface area contributed by atoms with Gasteiger partial charge in [-0.2, -0.15) is 0 Å². The second-order valence-corrected chi connectivity index (χ2v) is 6.12. The number of ether oxygens (including phenoxy) is 1. The molecule has 0 bridgehead atoms. The number of carbonyl (C=O) groups is 1. The van der Waals surface area contributed by atoms with Gasteiger partial charge in [-0.25, -0.2) is 4.79 Å². The Morgan fingerprint density at radius 2 is 1.61 bits per heavy atom. The van der Waals surface area contributed by atoms with Crippen LogP contribution in [-0.2, 0) is 0 Å². The first-order valence-corrected chi connectivity index (χ1v) is 8.73. The van der Waals surface area contributed by atoms with E-state index < -0.39 is 0 Å². The second kappa shape index (κ2) is 10.1. The molecule has 0 aliphatic rings. The van der Waals surface area contributed by atoms with E-state index in [4.69, 9.17) is 4.74 Å². The molecule has 4 heteroatoms. The minimum absolute atomic E-state index is 0.0325. The molecule has 0 saturated heterocycles. The van der Waals surface area contributed by atoms with Crippen LogP contribution in [0.1, 0.15) is 56.2 Å². The van der Waals surface area contributed by atoms with Gasteiger partial charge in [0.05, 0.1) is 0 Å². The van der Waals surface area contributed by atoms with E-state index >= 15 is 0 Å². The third-order valence-electron chi connectivity index (χ3n) is 4.16. The Kier molecular flexibility index (Phi) is 8.52. The summed E-state index contributed by atoms with van der Waals surface area (Å²) in [7, 11) is 0. The lowest BCUT2D eigenvalue weighted by molar-refractivity contribution is 0.182. The molecular weight excluding hydrogens is 288 g/mol. The van der Waals surface area contributed by atoms with Crippen molar-refractivity contribution in [1.29, 1.82) is 0 Å². The van der Waals surface area contributed by atoms with E-state index in [0.717, 1.165) is 55.6 Å². The van der Waals surface area contributed by atoms with Crippen molar-refractivity contribution in [3.8, 4) is 5.75 Å². The highest BCUT2D eigenvalue weighted by atomic mass is 16.5. The molecule has 0 atom stereocenters. The summed E-state index contributed by atoms with van der Waals surface area (Å²) in [5, 5.41) is 2.89. The lowest BCUT2D eigenvalue weighted by Crippen LogP contribution is -2.42. The highest BCUT2D eigenvalue weighted by Crippen LogP contribution is 2.25. The predicted molar refractivity (Wildman–Crippen MR) is 96.1 cm³/mol. The maximum Gasteiger partial charge on any atom is 0.320 e. The number of benzene rings is 1. The molecule has 2 amide bonds. The molecule has 23 heavy (non-hydrogen) atoms. The molecule has 1 aromatic rings. The molecule has 0 heterocycles. The van der Waals surface area contributed by atoms with Crippen LogP contribution in [0.25, 0.3) is 0 Å². The monoisotopic (exact) mass is 320 g/mol. The third-order valence-corrected chi connectivity index (χ3v) is 4.16. The molecule has 1 rings (SSSR count). The standard InChI is InChI=1S/C19H32N2O2/c1-6-8-12-21(13-9-7-2)19(22)20-14-23-18-16(4)11-10-15(3)17(18)5/h10-11H,6-9,12-14H2,1-5H3,(H,20,22). The SMILES string of the molecule is CCCCN(CCCC)C(=O)NCOc1c(C)ccc(C)c1C. The van der Waals surface area contributed by atoms with Crippen molar-refractivity contribution in [3.05, 3.63) is 28.8 Å².